The number of nitrogens with zero attached hydrogens (tertiary/aromatic N) is 1. The molecule has 0 spiro atoms. The number of methoxy groups -OCH3 is 1. The maximum Gasteiger partial charge on any atom is 0.191 e. The Hall–Kier alpha value is -0.770. The molecule has 0 aliphatic rings. The predicted octanol–water partition coefficient (Wildman–Crippen LogP) is -0.182. The van der Waals surface area contributed by atoms with Gasteiger partial charge in [0.25, 0.3) is 0 Å². The van der Waals surface area contributed by atoms with Crippen LogP contribution >= 0.6 is 0 Å². The molecule has 0 saturated heterocycles. The van der Waals surface area contributed by atoms with Gasteiger partial charge >= 0.3 is 0 Å². The largest absolute Gasteiger partial charge is 0.383 e. The van der Waals surface area contributed by atoms with Crippen LogP contribution in [0, 0.1) is 0 Å². The van der Waals surface area contributed by atoms with Crippen LogP contribution in [0.5, 0.6) is 0 Å². The fourth-order valence-electron chi connectivity index (χ4n) is 0.660. The van der Waals surface area contributed by atoms with Crippen LogP contribution in [0.3, 0.4) is 0 Å². The highest BCUT2D eigenvalue weighted by Crippen LogP contribution is 1.68. The van der Waals surface area contributed by atoms with E-state index < -0.39 is 0 Å². The van der Waals surface area contributed by atoms with Gasteiger partial charge in [0.2, 0.25) is 0 Å². The molecule has 0 aromatic carbocycles. The number of ether oxygens (including phenoxy) is 1. The zero-order valence-electron chi connectivity index (χ0n) is 7.48. The van der Waals surface area contributed by atoms with Crippen LogP contribution in [0.15, 0.2) is 4.99 Å². The summed E-state index contributed by atoms with van der Waals surface area (Å²) in [4.78, 5) is 3.99. The first-order valence-corrected chi connectivity index (χ1v) is 3.78. The maximum absolute atomic E-state index is 4.87. The number of aliphatic imine (C=N–C) groups is 1. The molecule has 0 atom stereocenters. The van der Waals surface area contributed by atoms with Gasteiger partial charge in [0.15, 0.2) is 5.96 Å². The van der Waals surface area contributed by atoms with E-state index in [2.05, 4.69) is 15.6 Å². The number of guanidine groups is 1. The van der Waals surface area contributed by atoms with Crippen molar-refractivity contribution in [1.82, 2.24) is 10.6 Å². The Kier molecular flexibility index (Phi) is 6.82. The highest BCUT2D eigenvalue weighted by atomic mass is 16.5. The fourth-order valence-corrected chi connectivity index (χ4v) is 0.660. The summed E-state index contributed by atoms with van der Waals surface area (Å²) in [6.45, 7) is 4.40. The number of hydrogen-bond donors (Lipinski definition) is 2. The Balaban J connectivity index is 3.37. The summed E-state index contributed by atoms with van der Waals surface area (Å²) < 4.78 is 4.87. The lowest BCUT2D eigenvalue weighted by molar-refractivity contribution is 0.203. The van der Waals surface area contributed by atoms with Crippen molar-refractivity contribution in [3.05, 3.63) is 0 Å². The first-order valence-electron chi connectivity index (χ1n) is 3.78. The molecule has 0 saturated carbocycles. The zero-order chi connectivity index (χ0) is 8.53. The third-order valence-electron chi connectivity index (χ3n) is 1.17. The molecule has 66 valence electrons. The molecule has 0 aromatic rings. The van der Waals surface area contributed by atoms with E-state index >= 15 is 0 Å². The van der Waals surface area contributed by atoms with Crippen LogP contribution < -0.4 is 10.6 Å². The molecule has 0 unspecified atom stereocenters. The van der Waals surface area contributed by atoms with Crippen LogP contribution in [0.2, 0.25) is 0 Å². The first kappa shape index (κ1) is 10.2. The number of hydrogen-bond acceptors (Lipinski definition) is 2. The average molecular weight is 159 g/mol. The molecule has 0 heterocycles. The average Bonchev–Trinajstić information content (AvgIpc) is 2.03. The predicted molar refractivity (Wildman–Crippen MR) is 46.9 cm³/mol. The van der Waals surface area contributed by atoms with E-state index in [4.69, 9.17) is 4.74 Å². The Morgan fingerprint density at radius 2 is 2.18 bits per heavy atom. The SMILES string of the molecule is CCNC(=NC)NCCOC. The summed E-state index contributed by atoms with van der Waals surface area (Å²) in [6, 6.07) is 0. The summed E-state index contributed by atoms with van der Waals surface area (Å²) in [6.07, 6.45) is 0. The minimum absolute atomic E-state index is 0.699. The molecule has 4 heteroatoms. The molecular weight excluding hydrogens is 142 g/mol. The second-order valence-electron chi connectivity index (χ2n) is 2.02. The lowest BCUT2D eigenvalue weighted by Crippen LogP contribution is -2.38. The molecule has 0 aromatic heterocycles. The van der Waals surface area contributed by atoms with Gasteiger partial charge in [-0.15, -0.1) is 0 Å². The van der Waals surface area contributed by atoms with Crippen molar-refractivity contribution in [1.29, 1.82) is 0 Å². The molecule has 0 amide bonds. The smallest absolute Gasteiger partial charge is 0.191 e. The topological polar surface area (TPSA) is 45.7 Å². The van der Waals surface area contributed by atoms with Crippen molar-refractivity contribution in [3.63, 3.8) is 0 Å². The van der Waals surface area contributed by atoms with E-state index in [0.717, 1.165) is 19.0 Å². The van der Waals surface area contributed by atoms with Crippen molar-refractivity contribution in [3.8, 4) is 0 Å². The minimum Gasteiger partial charge on any atom is -0.383 e. The maximum atomic E-state index is 4.87. The van der Waals surface area contributed by atoms with Gasteiger partial charge in [-0.1, -0.05) is 0 Å². The van der Waals surface area contributed by atoms with Crippen molar-refractivity contribution >= 4 is 5.96 Å². The minimum atomic E-state index is 0.699. The molecule has 11 heavy (non-hydrogen) atoms. The zero-order valence-corrected chi connectivity index (χ0v) is 7.48. The summed E-state index contributed by atoms with van der Waals surface area (Å²) in [7, 11) is 3.43. The molecule has 0 aliphatic heterocycles. The molecule has 0 radical (unpaired) electrons. The Bertz CT molecular complexity index is 114. The van der Waals surface area contributed by atoms with E-state index in [-0.39, 0.29) is 0 Å². The lowest BCUT2D eigenvalue weighted by atomic mass is 10.6. The second-order valence-corrected chi connectivity index (χ2v) is 2.02. The van der Waals surface area contributed by atoms with Crippen LogP contribution in [0.4, 0.5) is 0 Å². The van der Waals surface area contributed by atoms with Gasteiger partial charge in [-0.2, -0.15) is 0 Å². The van der Waals surface area contributed by atoms with E-state index in [0.29, 0.717) is 6.61 Å². The van der Waals surface area contributed by atoms with E-state index in [1.165, 1.54) is 0 Å². The Morgan fingerprint density at radius 3 is 2.64 bits per heavy atom. The van der Waals surface area contributed by atoms with Crippen molar-refractivity contribution in [2.45, 2.75) is 6.92 Å². The van der Waals surface area contributed by atoms with Gasteiger partial charge < -0.3 is 15.4 Å². The first-order chi connectivity index (χ1) is 5.35. The van der Waals surface area contributed by atoms with Crippen LogP contribution in [-0.2, 0) is 4.74 Å². The van der Waals surface area contributed by atoms with Gasteiger partial charge in [0, 0.05) is 27.2 Å². The Labute approximate surface area is 68.0 Å². The van der Waals surface area contributed by atoms with Crippen LogP contribution in [0.25, 0.3) is 0 Å². The molecule has 2 N–H and O–H groups in total. The van der Waals surface area contributed by atoms with Crippen LogP contribution in [-0.4, -0.2) is 39.8 Å². The normalized spacial score (nSPS) is 11.4. The van der Waals surface area contributed by atoms with Crippen LogP contribution in [0.1, 0.15) is 6.92 Å². The molecule has 0 bridgehead atoms. The molecule has 0 fully saturated rings. The standard InChI is InChI=1S/C7H17N3O/c1-4-9-7(8-2)10-5-6-11-3/h4-6H2,1-3H3,(H2,8,9,10). The molecule has 4 nitrogen and oxygen atoms in total. The third kappa shape index (κ3) is 5.66. The highest BCUT2D eigenvalue weighted by molar-refractivity contribution is 5.79. The van der Waals surface area contributed by atoms with Crippen molar-refractivity contribution < 1.29 is 4.74 Å². The summed E-state index contributed by atoms with van der Waals surface area (Å²) in [5.74, 6) is 0.824. The van der Waals surface area contributed by atoms with Crippen molar-refractivity contribution in [2.75, 3.05) is 33.9 Å². The van der Waals surface area contributed by atoms with Gasteiger partial charge in [-0.3, -0.25) is 4.99 Å². The lowest BCUT2D eigenvalue weighted by Gasteiger charge is -2.08. The summed E-state index contributed by atoms with van der Waals surface area (Å²) in [5, 5.41) is 6.16. The second kappa shape index (κ2) is 7.34. The Morgan fingerprint density at radius 1 is 1.45 bits per heavy atom. The van der Waals surface area contributed by atoms with E-state index in [9.17, 15) is 0 Å². The van der Waals surface area contributed by atoms with E-state index in [1.807, 2.05) is 6.92 Å². The van der Waals surface area contributed by atoms with Gasteiger partial charge in [-0.05, 0) is 6.92 Å². The molecule has 0 aliphatic carbocycles. The van der Waals surface area contributed by atoms with E-state index in [1.54, 1.807) is 14.2 Å². The molecular formula is C7H17N3O. The van der Waals surface area contributed by atoms with Gasteiger partial charge in [0.05, 0.1) is 6.61 Å². The number of rotatable bonds is 4. The third-order valence-corrected chi connectivity index (χ3v) is 1.17. The molecule has 0 rings (SSSR count). The quantitative estimate of drug-likeness (QED) is 0.340. The monoisotopic (exact) mass is 159 g/mol. The van der Waals surface area contributed by atoms with Gasteiger partial charge in [0.1, 0.15) is 0 Å². The summed E-state index contributed by atoms with van der Waals surface area (Å²) in [5.41, 5.74) is 0. The summed E-state index contributed by atoms with van der Waals surface area (Å²) >= 11 is 0. The van der Waals surface area contributed by atoms with Crippen molar-refractivity contribution in [2.24, 2.45) is 4.99 Å². The fraction of sp³-hybridized carbons (Fsp3) is 0.857. The number of nitrogens with one attached hydrogen (secondary N) is 2. The van der Waals surface area contributed by atoms with Gasteiger partial charge in [-0.25, -0.2) is 0 Å². The highest BCUT2D eigenvalue weighted by Gasteiger charge is 1.91.